The van der Waals surface area contributed by atoms with E-state index >= 15 is 0 Å². The Hall–Kier alpha value is -0.810. The lowest BCUT2D eigenvalue weighted by Gasteiger charge is -2.42. The molecule has 1 saturated carbocycles. The first-order chi connectivity index (χ1) is 17.0. The first kappa shape index (κ1) is 25.8. The number of primary amides is 1. The van der Waals surface area contributed by atoms with Crippen LogP contribution in [0.25, 0.3) is 0 Å². The molecular formula is C26H49N7O2. The fourth-order valence-electron chi connectivity index (χ4n) is 7.41. The molecule has 0 aromatic carbocycles. The molecule has 9 nitrogen and oxygen atoms in total. The smallest absolute Gasteiger partial charge is 0.220 e. The van der Waals surface area contributed by atoms with Crippen LogP contribution in [-0.4, -0.2) is 98.1 Å². The Morgan fingerprint density at radius 2 is 1.80 bits per heavy atom. The highest BCUT2D eigenvalue weighted by Gasteiger charge is 2.42. The fourth-order valence-corrected chi connectivity index (χ4v) is 7.41. The van der Waals surface area contributed by atoms with E-state index in [1.165, 1.54) is 51.6 Å². The van der Waals surface area contributed by atoms with Crippen LogP contribution in [-0.2, 0) is 9.63 Å². The number of nitrogens with one attached hydrogen (secondary N) is 3. The van der Waals surface area contributed by atoms with Crippen molar-refractivity contribution >= 4 is 5.91 Å². The minimum atomic E-state index is -0.135. The lowest BCUT2D eigenvalue weighted by atomic mass is 9.85. The number of nitrogens with two attached hydrogens (primary N) is 1. The highest BCUT2D eigenvalue weighted by Crippen LogP contribution is 2.32. The van der Waals surface area contributed by atoms with Crippen molar-refractivity contribution in [3.63, 3.8) is 0 Å². The first-order valence-corrected chi connectivity index (χ1v) is 14.3. The van der Waals surface area contributed by atoms with Crippen molar-refractivity contribution in [2.45, 2.75) is 94.9 Å². The molecule has 5 aliphatic rings. The third-order valence-electron chi connectivity index (χ3n) is 9.73. The normalized spacial score (nSPS) is 40.5. The van der Waals surface area contributed by atoms with E-state index in [1.807, 2.05) is 0 Å². The number of amides is 1. The monoisotopic (exact) mass is 491 g/mol. The molecule has 4 aliphatic heterocycles. The molecule has 0 radical (unpaired) electrons. The number of hydrogen-bond donors (Lipinski definition) is 4. The Kier molecular flexibility index (Phi) is 8.64. The number of hydrogen-bond acceptors (Lipinski definition) is 8. The van der Waals surface area contributed by atoms with Gasteiger partial charge in [-0.1, -0.05) is 0 Å². The maximum atomic E-state index is 11.5. The zero-order valence-corrected chi connectivity index (χ0v) is 22.0. The second-order valence-electron chi connectivity index (χ2n) is 12.1. The van der Waals surface area contributed by atoms with Crippen LogP contribution in [0, 0.1) is 17.8 Å². The molecule has 200 valence electrons. The summed E-state index contributed by atoms with van der Waals surface area (Å²) in [7, 11) is 4.45. The summed E-state index contributed by atoms with van der Waals surface area (Å²) in [6, 6.07) is 1.25. The van der Waals surface area contributed by atoms with Crippen molar-refractivity contribution < 1.29 is 9.63 Å². The topological polar surface area (TPSA) is 98.1 Å². The fraction of sp³-hybridized carbons (Fsp3) is 0.962. The second kappa shape index (κ2) is 11.7. The Balaban J connectivity index is 1.09. The number of piperidine rings is 2. The van der Waals surface area contributed by atoms with E-state index in [0.717, 1.165) is 57.3 Å². The highest BCUT2D eigenvalue weighted by molar-refractivity contribution is 5.76. The third kappa shape index (κ3) is 6.20. The quantitative estimate of drug-likeness (QED) is 0.417. The van der Waals surface area contributed by atoms with Gasteiger partial charge in [-0.05, 0) is 103 Å². The van der Waals surface area contributed by atoms with Crippen LogP contribution in [0.2, 0.25) is 0 Å². The van der Waals surface area contributed by atoms with Crippen molar-refractivity contribution in [3.8, 4) is 0 Å². The Labute approximate surface area is 211 Å². The lowest BCUT2D eigenvalue weighted by molar-refractivity contribution is -0.123. The molecular weight excluding hydrogens is 442 g/mol. The van der Waals surface area contributed by atoms with Gasteiger partial charge in [0, 0.05) is 31.6 Å². The zero-order valence-electron chi connectivity index (χ0n) is 22.0. The largest absolute Gasteiger partial charge is 0.369 e. The zero-order chi connectivity index (χ0) is 24.4. The molecule has 0 aromatic heterocycles. The van der Waals surface area contributed by atoms with Gasteiger partial charge in [-0.3, -0.25) is 24.7 Å². The number of hydroxylamine groups is 1. The van der Waals surface area contributed by atoms with Crippen LogP contribution >= 0.6 is 0 Å². The van der Waals surface area contributed by atoms with Gasteiger partial charge >= 0.3 is 0 Å². The van der Waals surface area contributed by atoms with Crippen LogP contribution < -0.4 is 21.8 Å². The van der Waals surface area contributed by atoms with Crippen molar-refractivity contribution in [2.75, 3.05) is 46.8 Å². The standard InChI is InChI=1S/C26H49N7O2/c1-31(2)21-7-5-18(6-8-21)17-33-13-3-4-22(33)26-29-25(30-35-26)20-9-12-28-23(16-20)32-14-10-19(11-15-32)24(27)34/h18-23,25-26,28-30H,3-17H2,1-2H3,(H2,27,34)/t18?,20?,21?,22-,23?,25?,26?/m0/s1. The number of carbonyl (C=O) groups is 1. The molecule has 0 aromatic rings. The maximum Gasteiger partial charge on any atom is 0.220 e. The molecule has 9 heteroatoms. The molecule has 5 rings (SSSR count). The van der Waals surface area contributed by atoms with Gasteiger partial charge in [0.15, 0.2) is 0 Å². The van der Waals surface area contributed by atoms with Gasteiger partial charge in [-0.25, -0.2) is 0 Å². The number of rotatable bonds is 7. The molecule has 1 amide bonds. The molecule has 5 N–H and O–H groups in total. The van der Waals surface area contributed by atoms with Gasteiger partial charge in [0.1, 0.15) is 6.23 Å². The summed E-state index contributed by atoms with van der Waals surface area (Å²) in [5.41, 5.74) is 8.92. The van der Waals surface area contributed by atoms with E-state index in [9.17, 15) is 4.79 Å². The molecule has 0 spiro atoms. The lowest BCUT2D eigenvalue weighted by Crippen LogP contribution is -2.57. The molecule has 5 atom stereocenters. The molecule has 35 heavy (non-hydrogen) atoms. The van der Waals surface area contributed by atoms with E-state index in [1.54, 1.807) is 0 Å². The molecule has 1 aliphatic carbocycles. The van der Waals surface area contributed by atoms with E-state index in [2.05, 4.69) is 44.9 Å². The molecule has 5 fully saturated rings. The van der Waals surface area contributed by atoms with Crippen LogP contribution in [0.1, 0.15) is 64.2 Å². The van der Waals surface area contributed by atoms with Gasteiger partial charge in [0.25, 0.3) is 0 Å². The first-order valence-electron chi connectivity index (χ1n) is 14.3. The van der Waals surface area contributed by atoms with Crippen molar-refractivity contribution in [2.24, 2.45) is 23.5 Å². The Morgan fingerprint density at radius 3 is 2.51 bits per heavy atom. The van der Waals surface area contributed by atoms with Crippen LogP contribution in [0.5, 0.6) is 0 Å². The van der Waals surface area contributed by atoms with Crippen LogP contribution in [0.4, 0.5) is 0 Å². The summed E-state index contributed by atoms with van der Waals surface area (Å²) >= 11 is 0. The van der Waals surface area contributed by atoms with Gasteiger partial charge in [-0.15, -0.1) is 0 Å². The minimum absolute atomic E-state index is 0.0512. The summed E-state index contributed by atoms with van der Waals surface area (Å²) in [6.07, 6.45) is 12.6. The number of likely N-dealkylation sites (tertiary alicyclic amines) is 2. The SMILES string of the molecule is CN(C)C1CCC(CN2CCC[C@H]2C2NC(C3CCNC(N4CCC(C(N)=O)CC4)C3)NO2)CC1. The van der Waals surface area contributed by atoms with Gasteiger partial charge in [0.2, 0.25) is 5.91 Å². The van der Waals surface area contributed by atoms with Crippen molar-refractivity contribution in [1.29, 1.82) is 0 Å². The average molecular weight is 492 g/mol. The predicted octanol–water partition coefficient (Wildman–Crippen LogP) is 0.871. The minimum Gasteiger partial charge on any atom is -0.369 e. The van der Waals surface area contributed by atoms with Gasteiger partial charge in [0.05, 0.1) is 18.4 Å². The average Bonchev–Trinajstić information content (AvgIpc) is 3.54. The van der Waals surface area contributed by atoms with Crippen molar-refractivity contribution in [1.82, 2.24) is 30.8 Å². The number of nitrogens with zero attached hydrogens (tertiary/aromatic N) is 3. The summed E-state index contributed by atoms with van der Waals surface area (Å²) < 4.78 is 0. The highest BCUT2D eigenvalue weighted by atomic mass is 16.7. The van der Waals surface area contributed by atoms with Crippen LogP contribution in [0.15, 0.2) is 0 Å². The maximum absolute atomic E-state index is 11.5. The van der Waals surface area contributed by atoms with Crippen molar-refractivity contribution in [3.05, 3.63) is 0 Å². The molecule has 4 saturated heterocycles. The van der Waals surface area contributed by atoms with E-state index in [0.29, 0.717) is 18.1 Å². The Morgan fingerprint density at radius 1 is 1.03 bits per heavy atom. The summed E-state index contributed by atoms with van der Waals surface area (Å²) in [5.74, 6) is 1.29. The summed E-state index contributed by atoms with van der Waals surface area (Å²) in [6.45, 7) is 5.38. The van der Waals surface area contributed by atoms with Crippen LogP contribution in [0.3, 0.4) is 0 Å². The second-order valence-corrected chi connectivity index (χ2v) is 12.1. The summed E-state index contributed by atoms with van der Waals surface area (Å²) in [4.78, 5) is 25.4. The number of carbonyl (C=O) groups excluding carboxylic acids is 1. The molecule has 0 bridgehead atoms. The van der Waals surface area contributed by atoms with E-state index < -0.39 is 0 Å². The Bertz CT molecular complexity index is 693. The van der Waals surface area contributed by atoms with E-state index in [4.69, 9.17) is 10.6 Å². The third-order valence-corrected chi connectivity index (χ3v) is 9.73. The predicted molar refractivity (Wildman–Crippen MR) is 137 cm³/mol. The molecule has 4 unspecified atom stereocenters. The van der Waals surface area contributed by atoms with E-state index in [-0.39, 0.29) is 24.2 Å². The molecule has 4 heterocycles. The van der Waals surface area contributed by atoms with Gasteiger partial charge in [-0.2, -0.15) is 5.48 Å². The summed E-state index contributed by atoms with van der Waals surface area (Å²) in [5, 5.41) is 7.57. The van der Waals surface area contributed by atoms with Gasteiger partial charge < -0.3 is 16.0 Å².